The van der Waals surface area contributed by atoms with Crippen LogP contribution in [0, 0.1) is 5.92 Å². The SMILES string of the molecule is CCCC(CBr)CN(C)CCc1cccs1. The van der Waals surface area contributed by atoms with Crippen LogP contribution in [0.3, 0.4) is 0 Å². The first kappa shape index (κ1) is 14.2. The Morgan fingerprint density at radius 2 is 2.31 bits per heavy atom. The average molecular weight is 304 g/mol. The molecule has 0 spiro atoms. The predicted octanol–water partition coefficient (Wildman–Crippen LogP) is 4.03. The van der Waals surface area contributed by atoms with Gasteiger partial charge in [0.2, 0.25) is 0 Å². The molecule has 1 nitrogen and oxygen atoms in total. The molecule has 0 fully saturated rings. The van der Waals surface area contributed by atoms with Gasteiger partial charge in [-0.05, 0) is 37.3 Å². The number of rotatable bonds is 8. The lowest BCUT2D eigenvalue weighted by Gasteiger charge is -2.22. The van der Waals surface area contributed by atoms with E-state index in [0.29, 0.717) is 0 Å². The summed E-state index contributed by atoms with van der Waals surface area (Å²) in [6.07, 6.45) is 3.80. The smallest absolute Gasteiger partial charge is 0.00718 e. The molecule has 1 aromatic rings. The average Bonchev–Trinajstić information content (AvgIpc) is 2.78. The maximum absolute atomic E-state index is 3.61. The zero-order valence-corrected chi connectivity index (χ0v) is 12.7. The maximum atomic E-state index is 3.61. The number of hydrogen-bond acceptors (Lipinski definition) is 2. The van der Waals surface area contributed by atoms with Crippen molar-refractivity contribution >= 4 is 27.3 Å². The molecule has 1 unspecified atom stereocenters. The molecule has 0 saturated heterocycles. The van der Waals surface area contributed by atoms with Crippen molar-refractivity contribution in [1.29, 1.82) is 0 Å². The minimum atomic E-state index is 0.804. The third-order valence-corrected chi connectivity index (χ3v) is 4.66. The summed E-state index contributed by atoms with van der Waals surface area (Å²) in [5.74, 6) is 0.804. The van der Waals surface area contributed by atoms with Crippen LogP contribution in [-0.2, 0) is 6.42 Å². The van der Waals surface area contributed by atoms with Crippen LogP contribution in [0.2, 0.25) is 0 Å². The summed E-state index contributed by atoms with van der Waals surface area (Å²) < 4.78 is 0. The second kappa shape index (κ2) is 8.26. The van der Waals surface area contributed by atoms with E-state index in [1.54, 1.807) is 0 Å². The highest BCUT2D eigenvalue weighted by Gasteiger charge is 2.09. The molecule has 0 bridgehead atoms. The van der Waals surface area contributed by atoms with E-state index in [9.17, 15) is 0 Å². The number of halogens is 1. The molecule has 1 aromatic heterocycles. The van der Waals surface area contributed by atoms with Crippen molar-refractivity contribution in [2.75, 3.05) is 25.5 Å². The second-order valence-electron chi connectivity index (χ2n) is 4.40. The third kappa shape index (κ3) is 5.46. The van der Waals surface area contributed by atoms with Crippen LogP contribution >= 0.6 is 27.3 Å². The van der Waals surface area contributed by atoms with Crippen LogP contribution in [0.5, 0.6) is 0 Å². The highest BCUT2D eigenvalue weighted by Crippen LogP contribution is 2.13. The highest BCUT2D eigenvalue weighted by atomic mass is 79.9. The number of likely N-dealkylation sites (N-methyl/N-ethyl adjacent to an activating group) is 1. The fourth-order valence-electron chi connectivity index (χ4n) is 1.91. The Kier molecular flexibility index (Phi) is 7.33. The van der Waals surface area contributed by atoms with Gasteiger partial charge in [-0.1, -0.05) is 35.3 Å². The van der Waals surface area contributed by atoms with Gasteiger partial charge in [0.15, 0.2) is 0 Å². The molecule has 0 aliphatic heterocycles. The van der Waals surface area contributed by atoms with Crippen molar-refractivity contribution in [3.63, 3.8) is 0 Å². The fraction of sp³-hybridized carbons (Fsp3) is 0.692. The molecule has 0 N–H and O–H groups in total. The van der Waals surface area contributed by atoms with Crippen molar-refractivity contribution in [2.24, 2.45) is 5.92 Å². The Hall–Kier alpha value is 0.140. The first-order valence-electron chi connectivity index (χ1n) is 6.03. The van der Waals surface area contributed by atoms with Crippen LogP contribution in [0.15, 0.2) is 17.5 Å². The van der Waals surface area contributed by atoms with E-state index in [1.165, 1.54) is 37.2 Å². The van der Waals surface area contributed by atoms with E-state index in [0.717, 1.165) is 11.2 Å². The molecule has 0 radical (unpaired) electrons. The van der Waals surface area contributed by atoms with Gasteiger partial charge in [0.05, 0.1) is 0 Å². The van der Waals surface area contributed by atoms with Gasteiger partial charge in [0.1, 0.15) is 0 Å². The Bertz CT molecular complexity index is 261. The number of alkyl halides is 1. The van der Waals surface area contributed by atoms with Gasteiger partial charge in [-0.15, -0.1) is 11.3 Å². The molecule has 0 aliphatic rings. The molecule has 1 atom stereocenters. The van der Waals surface area contributed by atoms with Crippen molar-refractivity contribution in [3.8, 4) is 0 Å². The molecule has 16 heavy (non-hydrogen) atoms. The van der Waals surface area contributed by atoms with Crippen molar-refractivity contribution in [2.45, 2.75) is 26.2 Å². The summed E-state index contributed by atoms with van der Waals surface area (Å²) in [5.41, 5.74) is 0. The molecular formula is C13H22BrNS. The lowest BCUT2D eigenvalue weighted by atomic mass is 10.1. The summed E-state index contributed by atoms with van der Waals surface area (Å²) in [7, 11) is 2.24. The second-order valence-corrected chi connectivity index (χ2v) is 6.08. The Morgan fingerprint density at radius 1 is 1.50 bits per heavy atom. The normalized spacial score (nSPS) is 13.2. The molecular weight excluding hydrogens is 282 g/mol. The monoisotopic (exact) mass is 303 g/mol. The van der Waals surface area contributed by atoms with E-state index < -0.39 is 0 Å². The topological polar surface area (TPSA) is 3.24 Å². The van der Waals surface area contributed by atoms with Crippen LogP contribution in [-0.4, -0.2) is 30.4 Å². The van der Waals surface area contributed by atoms with Crippen molar-refractivity contribution in [3.05, 3.63) is 22.4 Å². The van der Waals surface area contributed by atoms with Crippen LogP contribution in [0.1, 0.15) is 24.6 Å². The first-order chi connectivity index (χ1) is 7.76. The Labute approximate surface area is 112 Å². The minimum absolute atomic E-state index is 0.804. The van der Waals surface area contributed by atoms with E-state index >= 15 is 0 Å². The van der Waals surface area contributed by atoms with Gasteiger partial charge >= 0.3 is 0 Å². The predicted molar refractivity (Wildman–Crippen MR) is 77.7 cm³/mol. The Morgan fingerprint density at radius 3 is 2.88 bits per heavy atom. The maximum Gasteiger partial charge on any atom is 0.00718 e. The summed E-state index contributed by atoms with van der Waals surface area (Å²) >= 11 is 5.47. The summed E-state index contributed by atoms with van der Waals surface area (Å²) in [5, 5.41) is 3.29. The highest BCUT2D eigenvalue weighted by molar-refractivity contribution is 9.09. The van der Waals surface area contributed by atoms with Gasteiger partial charge in [0, 0.05) is 23.3 Å². The number of nitrogens with zero attached hydrogens (tertiary/aromatic N) is 1. The molecule has 1 heterocycles. The van der Waals surface area contributed by atoms with Crippen LogP contribution in [0.25, 0.3) is 0 Å². The number of hydrogen-bond donors (Lipinski definition) is 0. The van der Waals surface area contributed by atoms with Gasteiger partial charge in [-0.2, -0.15) is 0 Å². The Balaban J connectivity index is 2.21. The lowest BCUT2D eigenvalue weighted by Crippen LogP contribution is -2.28. The van der Waals surface area contributed by atoms with Gasteiger partial charge < -0.3 is 4.90 Å². The van der Waals surface area contributed by atoms with Crippen LogP contribution < -0.4 is 0 Å². The van der Waals surface area contributed by atoms with Gasteiger partial charge in [-0.25, -0.2) is 0 Å². The van der Waals surface area contributed by atoms with E-state index in [4.69, 9.17) is 0 Å². The molecule has 1 rings (SSSR count). The molecule has 0 saturated carbocycles. The fourth-order valence-corrected chi connectivity index (χ4v) is 3.14. The lowest BCUT2D eigenvalue weighted by molar-refractivity contribution is 0.284. The van der Waals surface area contributed by atoms with Crippen molar-refractivity contribution in [1.82, 2.24) is 4.90 Å². The van der Waals surface area contributed by atoms with Gasteiger partial charge in [0.25, 0.3) is 0 Å². The van der Waals surface area contributed by atoms with Crippen LogP contribution in [0.4, 0.5) is 0 Å². The van der Waals surface area contributed by atoms with Crippen molar-refractivity contribution < 1.29 is 0 Å². The summed E-state index contributed by atoms with van der Waals surface area (Å²) in [4.78, 5) is 3.96. The zero-order chi connectivity index (χ0) is 11.8. The summed E-state index contributed by atoms with van der Waals surface area (Å²) in [6.45, 7) is 4.65. The molecule has 92 valence electrons. The largest absolute Gasteiger partial charge is 0.306 e. The minimum Gasteiger partial charge on any atom is -0.306 e. The molecule has 3 heteroatoms. The first-order valence-corrected chi connectivity index (χ1v) is 8.03. The number of thiophene rings is 1. The molecule has 0 amide bonds. The zero-order valence-electron chi connectivity index (χ0n) is 10.3. The quantitative estimate of drug-likeness (QED) is 0.655. The molecule has 0 aliphatic carbocycles. The van der Waals surface area contributed by atoms with E-state index in [2.05, 4.69) is 52.3 Å². The van der Waals surface area contributed by atoms with E-state index in [1.807, 2.05) is 11.3 Å². The summed E-state index contributed by atoms with van der Waals surface area (Å²) in [6, 6.07) is 4.37. The molecule has 0 aromatic carbocycles. The standard InChI is InChI=1S/C13H22BrNS/c1-3-5-12(10-14)11-15(2)8-7-13-6-4-9-16-13/h4,6,9,12H,3,5,7-8,10-11H2,1-2H3. The third-order valence-electron chi connectivity index (χ3n) is 2.81. The van der Waals surface area contributed by atoms with E-state index in [-0.39, 0.29) is 0 Å². The van der Waals surface area contributed by atoms with Gasteiger partial charge in [-0.3, -0.25) is 0 Å².